The van der Waals surface area contributed by atoms with Crippen LogP contribution in [0, 0.1) is 0 Å². The third-order valence-electron chi connectivity index (χ3n) is 9.73. The first-order chi connectivity index (χ1) is 27.6. The lowest BCUT2D eigenvalue weighted by Crippen LogP contribution is -2.30. The molecule has 0 aromatic carbocycles. The quantitative estimate of drug-likeness (QED) is 0.0351. The molecule has 0 saturated heterocycles. The summed E-state index contributed by atoms with van der Waals surface area (Å²) in [6, 6.07) is 0. The minimum Gasteiger partial charge on any atom is -0.462 e. The molecule has 0 N–H and O–H groups in total. The lowest BCUT2D eigenvalue weighted by molar-refractivity contribution is -0.163. The number of ether oxygens (including phenoxy) is 3. The third-order valence-corrected chi connectivity index (χ3v) is 9.73. The Kier molecular flexibility index (Phi) is 44.5. The molecule has 0 saturated carbocycles. The molecule has 0 aliphatic heterocycles. The molecule has 0 rings (SSSR count). The van der Waals surface area contributed by atoms with Crippen LogP contribution in [-0.2, 0) is 23.8 Å². The van der Waals surface area contributed by atoms with Gasteiger partial charge in [0.1, 0.15) is 6.61 Å². The van der Waals surface area contributed by atoms with Gasteiger partial charge >= 0.3 is 11.9 Å². The first-order valence-corrected chi connectivity index (χ1v) is 23.5. The van der Waals surface area contributed by atoms with Crippen molar-refractivity contribution in [2.24, 2.45) is 0 Å². The molecule has 0 heterocycles. The van der Waals surface area contributed by atoms with Gasteiger partial charge in [0.15, 0.2) is 6.10 Å². The summed E-state index contributed by atoms with van der Waals surface area (Å²) in [5.74, 6) is -0.431. The number of hydrogen-bond acceptors (Lipinski definition) is 5. The van der Waals surface area contributed by atoms with E-state index in [4.69, 9.17) is 14.2 Å². The molecule has 0 bridgehead atoms. The Balaban J connectivity index is 4.21. The van der Waals surface area contributed by atoms with Crippen LogP contribution in [0.15, 0.2) is 72.9 Å². The van der Waals surface area contributed by atoms with Gasteiger partial charge in [-0.1, -0.05) is 184 Å². The SMILES string of the molecule is CC/C=C\C/C=C\C/C=C\C/C=C\CCCCCOCC(COC(=O)CCCCCCCCC/C=C\C/C=C\CCCCC)OC(=O)CCCCCCCCC. The van der Waals surface area contributed by atoms with Crippen LogP contribution >= 0.6 is 0 Å². The van der Waals surface area contributed by atoms with Crippen LogP contribution in [0.4, 0.5) is 0 Å². The van der Waals surface area contributed by atoms with Crippen LogP contribution < -0.4 is 0 Å². The predicted molar refractivity (Wildman–Crippen MR) is 242 cm³/mol. The van der Waals surface area contributed by atoms with Gasteiger partial charge < -0.3 is 14.2 Å². The van der Waals surface area contributed by atoms with Crippen molar-refractivity contribution in [3.63, 3.8) is 0 Å². The lowest BCUT2D eigenvalue weighted by Gasteiger charge is -2.18. The Morgan fingerprint density at radius 1 is 0.411 bits per heavy atom. The van der Waals surface area contributed by atoms with Crippen LogP contribution in [-0.4, -0.2) is 37.9 Å². The summed E-state index contributed by atoms with van der Waals surface area (Å²) in [6.07, 6.45) is 59.1. The second-order valence-corrected chi connectivity index (χ2v) is 15.3. The lowest BCUT2D eigenvalue weighted by atomic mass is 10.1. The second-order valence-electron chi connectivity index (χ2n) is 15.3. The Bertz CT molecular complexity index is 1020. The highest BCUT2D eigenvalue weighted by Gasteiger charge is 2.17. The topological polar surface area (TPSA) is 61.8 Å². The molecular formula is C51H88O5. The Morgan fingerprint density at radius 3 is 1.32 bits per heavy atom. The summed E-state index contributed by atoms with van der Waals surface area (Å²) < 4.78 is 17.2. The molecule has 0 aromatic rings. The van der Waals surface area contributed by atoms with Crippen molar-refractivity contribution in [2.75, 3.05) is 19.8 Å². The molecule has 5 heteroatoms. The van der Waals surface area contributed by atoms with Crippen molar-refractivity contribution in [1.82, 2.24) is 0 Å². The fourth-order valence-corrected chi connectivity index (χ4v) is 6.24. The number of hydrogen-bond donors (Lipinski definition) is 0. The minimum absolute atomic E-state index is 0.0666. The molecule has 5 nitrogen and oxygen atoms in total. The highest BCUT2D eigenvalue weighted by Crippen LogP contribution is 2.13. The molecule has 56 heavy (non-hydrogen) atoms. The highest BCUT2D eigenvalue weighted by atomic mass is 16.6. The molecule has 0 fully saturated rings. The fraction of sp³-hybridized carbons (Fsp3) is 0.725. The number of carbonyl (C=O) groups is 2. The average molecular weight is 781 g/mol. The summed E-state index contributed by atoms with van der Waals surface area (Å²) in [4.78, 5) is 25.2. The van der Waals surface area contributed by atoms with Crippen LogP contribution in [0.25, 0.3) is 0 Å². The van der Waals surface area contributed by atoms with Gasteiger partial charge in [0.2, 0.25) is 0 Å². The van der Waals surface area contributed by atoms with Gasteiger partial charge in [0.25, 0.3) is 0 Å². The molecule has 0 aliphatic carbocycles. The average Bonchev–Trinajstić information content (AvgIpc) is 3.20. The first kappa shape index (κ1) is 53.3. The fourth-order valence-electron chi connectivity index (χ4n) is 6.24. The Labute approximate surface area is 347 Å². The van der Waals surface area contributed by atoms with Gasteiger partial charge in [-0.15, -0.1) is 0 Å². The maximum Gasteiger partial charge on any atom is 0.306 e. The summed E-state index contributed by atoms with van der Waals surface area (Å²) in [5.41, 5.74) is 0. The maximum atomic E-state index is 12.6. The first-order valence-electron chi connectivity index (χ1n) is 23.5. The van der Waals surface area contributed by atoms with Crippen molar-refractivity contribution < 1.29 is 23.8 Å². The van der Waals surface area contributed by atoms with E-state index in [-0.39, 0.29) is 25.2 Å². The largest absolute Gasteiger partial charge is 0.462 e. The Morgan fingerprint density at radius 2 is 0.804 bits per heavy atom. The predicted octanol–water partition coefficient (Wildman–Crippen LogP) is 15.6. The summed E-state index contributed by atoms with van der Waals surface area (Å²) in [7, 11) is 0. The van der Waals surface area contributed by atoms with Crippen molar-refractivity contribution in [1.29, 1.82) is 0 Å². The molecule has 1 atom stereocenters. The highest BCUT2D eigenvalue weighted by molar-refractivity contribution is 5.70. The van der Waals surface area contributed by atoms with Gasteiger partial charge in [0, 0.05) is 19.4 Å². The van der Waals surface area contributed by atoms with Gasteiger partial charge in [-0.3, -0.25) is 9.59 Å². The minimum atomic E-state index is -0.553. The van der Waals surface area contributed by atoms with E-state index in [0.717, 1.165) is 96.3 Å². The van der Waals surface area contributed by atoms with Gasteiger partial charge in [-0.25, -0.2) is 0 Å². The number of unbranched alkanes of at least 4 members (excludes halogenated alkanes) is 19. The smallest absolute Gasteiger partial charge is 0.306 e. The maximum absolute atomic E-state index is 12.6. The van der Waals surface area contributed by atoms with E-state index < -0.39 is 6.10 Å². The summed E-state index contributed by atoms with van der Waals surface area (Å²) in [5, 5.41) is 0. The van der Waals surface area contributed by atoms with Gasteiger partial charge in [0.05, 0.1) is 6.61 Å². The van der Waals surface area contributed by atoms with E-state index in [2.05, 4.69) is 93.7 Å². The van der Waals surface area contributed by atoms with Crippen molar-refractivity contribution in [2.45, 2.75) is 219 Å². The molecule has 0 aliphatic rings. The van der Waals surface area contributed by atoms with E-state index in [0.29, 0.717) is 19.4 Å². The van der Waals surface area contributed by atoms with E-state index in [1.165, 1.54) is 83.5 Å². The standard InChI is InChI=1S/C51H88O5/c1-4-7-10-13-16-18-20-22-24-26-27-29-31-33-36-38-41-44-50(52)55-48-49(56-51(53)45-42-39-35-15-12-9-6-3)47-54-46-43-40-37-34-32-30-28-25-23-21-19-17-14-11-8-5-2/h8,11,16-19,22-25,30,32,49H,4-7,9-10,12-15,20-21,26-29,31,33-48H2,1-3H3/b11-8-,18-16-,19-17-,24-22-,25-23-,32-30-. The Hall–Kier alpha value is -2.66. The number of carbonyl (C=O) groups excluding carboxylic acids is 2. The van der Waals surface area contributed by atoms with E-state index in [9.17, 15) is 9.59 Å². The number of allylic oxidation sites excluding steroid dienone is 12. The zero-order valence-electron chi connectivity index (χ0n) is 36.9. The monoisotopic (exact) mass is 781 g/mol. The molecule has 0 amide bonds. The van der Waals surface area contributed by atoms with Crippen molar-refractivity contribution in [3.8, 4) is 0 Å². The van der Waals surface area contributed by atoms with Crippen molar-refractivity contribution in [3.05, 3.63) is 72.9 Å². The zero-order valence-corrected chi connectivity index (χ0v) is 36.9. The van der Waals surface area contributed by atoms with Gasteiger partial charge in [-0.05, 0) is 89.9 Å². The number of esters is 2. The molecule has 0 spiro atoms. The second kappa shape index (κ2) is 46.7. The zero-order chi connectivity index (χ0) is 40.7. The van der Waals surface area contributed by atoms with Crippen molar-refractivity contribution >= 4 is 11.9 Å². The third kappa shape index (κ3) is 44.1. The van der Waals surface area contributed by atoms with E-state index in [1.807, 2.05) is 0 Å². The van der Waals surface area contributed by atoms with Crippen LogP contribution in [0.1, 0.15) is 213 Å². The summed E-state index contributed by atoms with van der Waals surface area (Å²) >= 11 is 0. The van der Waals surface area contributed by atoms with Crippen LogP contribution in [0.2, 0.25) is 0 Å². The van der Waals surface area contributed by atoms with E-state index >= 15 is 0 Å². The van der Waals surface area contributed by atoms with Gasteiger partial charge in [-0.2, -0.15) is 0 Å². The molecule has 0 aromatic heterocycles. The summed E-state index contributed by atoms with van der Waals surface area (Å²) in [6.45, 7) is 7.57. The van der Waals surface area contributed by atoms with Crippen LogP contribution in [0.5, 0.6) is 0 Å². The molecule has 322 valence electrons. The van der Waals surface area contributed by atoms with E-state index in [1.54, 1.807) is 0 Å². The van der Waals surface area contributed by atoms with Crippen LogP contribution in [0.3, 0.4) is 0 Å². The molecule has 0 radical (unpaired) electrons. The number of rotatable bonds is 42. The molecule has 1 unspecified atom stereocenters. The normalized spacial score (nSPS) is 12.8. The molecular weight excluding hydrogens is 693 g/mol.